The minimum atomic E-state index is 0.194. The van der Waals surface area contributed by atoms with E-state index in [0.717, 1.165) is 0 Å². The van der Waals surface area contributed by atoms with Crippen molar-refractivity contribution >= 4 is 23.2 Å². The van der Waals surface area contributed by atoms with Crippen LogP contribution in [0.5, 0.6) is 0 Å². The molecule has 1 fully saturated rings. The van der Waals surface area contributed by atoms with Crippen molar-refractivity contribution in [2.75, 3.05) is 5.34 Å². The smallest absolute Gasteiger partial charge is 0.0967 e. The van der Waals surface area contributed by atoms with E-state index >= 15 is 0 Å². The summed E-state index contributed by atoms with van der Waals surface area (Å²) >= 11 is 9.53. The van der Waals surface area contributed by atoms with Gasteiger partial charge in [0.05, 0.1) is 5.34 Å². The minimum absolute atomic E-state index is 0.194. The SMILES string of the molecule is C1CCCCC1.ClCCl. The lowest BCUT2D eigenvalue weighted by Crippen LogP contribution is -1.85. The van der Waals surface area contributed by atoms with Crippen LogP contribution in [-0.2, 0) is 0 Å². The molecule has 0 aromatic heterocycles. The van der Waals surface area contributed by atoms with Gasteiger partial charge >= 0.3 is 0 Å². The molecule has 0 atom stereocenters. The van der Waals surface area contributed by atoms with Gasteiger partial charge in [0, 0.05) is 0 Å². The maximum Gasteiger partial charge on any atom is 0.0967 e. The number of rotatable bonds is 0. The third-order valence-corrected chi connectivity index (χ3v) is 1.50. The van der Waals surface area contributed by atoms with E-state index in [0.29, 0.717) is 0 Å². The average molecular weight is 169 g/mol. The van der Waals surface area contributed by atoms with Crippen molar-refractivity contribution in [1.29, 1.82) is 0 Å². The highest BCUT2D eigenvalue weighted by molar-refractivity contribution is 6.40. The van der Waals surface area contributed by atoms with Crippen molar-refractivity contribution in [1.82, 2.24) is 0 Å². The number of hydrogen-bond acceptors (Lipinski definition) is 0. The highest BCUT2D eigenvalue weighted by Gasteiger charge is 1.95. The zero-order valence-electron chi connectivity index (χ0n) is 5.71. The molecule has 0 aromatic carbocycles. The van der Waals surface area contributed by atoms with E-state index in [1.165, 1.54) is 38.5 Å². The molecule has 0 nitrogen and oxygen atoms in total. The Morgan fingerprint density at radius 2 is 0.778 bits per heavy atom. The van der Waals surface area contributed by atoms with Crippen molar-refractivity contribution in [2.24, 2.45) is 0 Å². The molecular formula is C7H14Cl2. The van der Waals surface area contributed by atoms with Crippen LogP contribution in [0.4, 0.5) is 0 Å². The molecule has 0 bridgehead atoms. The molecule has 2 heteroatoms. The number of halogens is 2. The summed E-state index contributed by atoms with van der Waals surface area (Å²) < 4.78 is 0. The van der Waals surface area contributed by atoms with Gasteiger partial charge in [-0.2, -0.15) is 0 Å². The minimum Gasteiger partial charge on any atom is -0.109 e. The summed E-state index contributed by atoms with van der Waals surface area (Å²) in [7, 11) is 0. The molecule has 1 aliphatic carbocycles. The van der Waals surface area contributed by atoms with Gasteiger partial charge < -0.3 is 0 Å². The first-order chi connectivity index (χ1) is 4.41. The molecule has 0 heterocycles. The number of alkyl halides is 2. The predicted octanol–water partition coefficient (Wildman–Crippen LogP) is 3.76. The van der Waals surface area contributed by atoms with E-state index in [1.807, 2.05) is 0 Å². The molecule has 0 aliphatic heterocycles. The fourth-order valence-corrected chi connectivity index (χ4v) is 1.06. The van der Waals surface area contributed by atoms with Crippen LogP contribution in [0.1, 0.15) is 38.5 Å². The Hall–Kier alpha value is 0.580. The molecular weight excluding hydrogens is 155 g/mol. The first kappa shape index (κ1) is 9.58. The zero-order chi connectivity index (χ0) is 6.95. The Bertz CT molecular complexity index is 30.7. The largest absolute Gasteiger partial charge is 0.109 e. The summed E-state index contributed by atoms with van der Waals surface area (Å²) in [5, 5.41) is 0.194. The van der Waals surface area contributed by atoms with Crippen molar-refractivity contribution in [3.63, 3.8) is 0 Å². The third-order valence-electron chi connectivity index (χ3n) is 1.50. The molecule has 9 heavy (non-hydrogen) atoms. The van der Waals surface area contributed by atoms with E-state index in [2.05, 4.69) is 0 Å². The van der Waals surface area contributed by atoms with Crippen LogP contribution in [-0.4, -0.2) is 5.34 Å². The van der Waals surface area contributed by atoms with Crippen molar-refractivity contribution < 1.29 is 0 Å². The summed E-state index contributed by atoms with van der Waals surface area (Å²) in [4.78, 5) is 0. The molecule has 56 valence electrons. The quantitative estimate of drug-likeness (QED) is 0.484. The lowest BCUT2D eigenvalue weighted by Gasteiger charge is -2.05. The highest BCUT2D eigenvalue weighted by Crippen LogP contribution is 2.15. The standard InChI is InChI=1S/C6H12.CH2Cl2/c1-2-4-6-5-3-1;2-1-3/h1-6H2;1H2. The normalized spacial score (nSPS) is 18.0. The van der Waals surface area contributed by atoms with E-state index < -0.39 is 0 Å². The Kier molecular flexibility index (Phi) is 9.13. The summed E-state index contributed by atoms with van der Waals surface area (Å²) in [6.07, 6.45) is 9.00. The van der Waals surface area contributed by atoms with Gasteiger partial charge in [0.15, 0.2) is 0 Å². The van der Waals surface area contributed by atoms with Crippen molar-refractivity contribution in [3.05, 3.63) is 0 Å². The van der Waals surface area contributed by atoms with Gasteiger partial charge in [-0.15, -0.1) is 23.2 Å². The van der Waals surface area contributed by atoms with E-state index in [-0.39, 0.29) is 5.34 Å². The van der Waals surface area contributed by atoms with Crippen molar-refractivity contribution in [3.8, 4) is 0 Å². The van der Waals surface area contributed by atoms with E-state index in [4.69, 9.17) is 23.2 Å². The second-order valence-corrected chi connectivity index (χ2v) is 3.03. The fraction of sp³-hybridized carbons (Fsp3) is 1.00. The second kappa shape index (κ2) is 8.58. The van der Waals surface area contributed by atoms with Crippen LogP contribution < -0.4 is 0 Å². The molecule has 0 spiro atoms. The van der Waals surface area contributed by atoms with E-state index in [1.54, 1.807) is 0 Å². The van der Waals surface area contributed by atoms with Gasteiger partial charge in [-0.25, -0.2) is 0 Å². The van der Waals surface area contributed by atoms with Gasteiger partial charge in [0.1, 0.15) is 0 Å². The Morgan fingerprint density at radius 3 is 0.889 bits per heavy atom. The Labute approximate surface area is 67.5 Å². The van der Waals surface area contributed by atoms with Crippen LogP contribution in [0.25, 0.3) is 0 Å². The van der Waals surface area contributed by atoms with Crippen LogP contribution in [0.2, 0.25) is 0 Å². The van der Waals surface area contributed by atoms with Gasteiger partial charge in [0.25, 0.3) is 0 Å². The monoisotopic (exact) mass is 168 g/mol. The van der Waals surface area contributed by atoms with Crippen LogP contribution in [0.3, 0.4) is 0 Å². The van der Waals surface area contributed by atoms with Gasteiger partial charge in [-0.05, 0) is 0 Å². The summed E-state index contributed by atoms with van der Waals surface area (Å²) in [5.74, 6) is 0. The lowest BCUT2D eigenvalue weighted by atomic mass is 10.0. The maximum atomic E-state index is 4.76. The van der Waals surface area contributed by atoms with Crippen LogP contribution >= 0.6 is 23.2 Å². The van der Waals surface area contributed by atoms with Gasteiger partial charge in [-0.3, -0.25) is 0 Å². The fourth-order valence-electron chi connectivity index (χ4n) is 1.06. The number of hydrogen-bond donors (Lipinski definition) is 0. The maximum absolute atomic E-state index is 4.76. The first-order valence-electron chi connectivity index (χ1n) is 3.53. The van der Waals surface area contributed by atoms with Crippen LogP contribution in [0, 0.1) is 0 Å². The Balaban J connectivity index is 0.000000187. The topological polar surface area (TPSA) is 0 Å². The average Bonchev–Trinajstić information content (AvgIpc) is 1.93. The lowest BCUT2D eigenvalue weighted by molar-refractivity contribution is 0.504. The van der Waals surface area contributed by atoms with Gasteiger partial charge in [0.2, 0.25) is 0 Å². The molecule has 1 rings (SSSR count). The third kappa shape index (κ3) is 8.58. The summed E-state index contributed by atoms with van der Waals surface area (Å²) in [6, 6.07) is 0. The summed E-state index contributed by atoms with van der Waals surface area (Å²) in [5.41, 5.74) is 0. The molecule has 1 aliphatic rings. The van der Waals surface area contributed by atoms with Crippen molar-refractivity contribution in [2.45, 2.75) is 38.5 Å². The summed E-state index contributed by atoms with van der Waals surface area (Å²) in [6.45, 7) is 0. The molecule has 1 saturated carbocycles. The molecule has 0 N–H and O–H groups in total. The molecule has 0 radical (unpaired) electrons. The zero-order valence-corrected chi connectivity index (χ0v) is 7.22. The molecule has 0 saturated heterocycles. The first-order valence-corrected chi connectivity index (χ1v) is 4.60. The van der Waals surface area contributed by atoms with E-state index in [9.17, 15) is 0 Å². The van der Waals surface area contributed by atoms with Gasteiger partial charge in [-0.1, -0.05) is 38.5 Å². The molecule has 0 unspecified atom stereocenters. The Morgan fingerprint density at radius 1 is 0.667 bits per heavy atom. The molecule has 0 aromatic rings. The molecule has 0 amide bonds. The van der Waals surface area contributed by atoms with Crippen LogP contribution in [0.15, 0.2) is 0 Å². The highest BCUT2D eigenvalue weighted by atomic mass is 35.5. The predicted molar refractivity (Wildman–Crippen MR) is 44.3 cm³/mol. The second-order valence-electron chi connectivity index (χ2n) is 2.22.